The van der Waals surface area contributed by atoms with Crippen LogP contribution in [-0.2, 0) is 4.79 Å². The third kappa shape index (κ3) is 2.11. The number of rotatable bonds is 2. The van der Waals surface area contributed by atoms with E-state index in [9.17, 15) is 9.59 Å². The lowest BCUT2D eigenvalue weighted by molar-refractivity contribution is -0.114. The zero-order valence-electron chi connectivity index (χ0n) is 12.2. The highest BCUT2D eigenvalue weighted by molar-refractivity contribution is 6.31. The van der Waals surface area contributed by atoms with Crippen molar-refractivity contribution in [3.8, 4) is 0 Å². The first-order chi connectivity index (χ1) is 11.6. The number of carboxylic acid groups (broad SMARTS) is 1. The Kier molecular flexibility index (Phi) is 3.21. The van der Waals surface area contributed by atoms with Crippen LogP contribution in [0, 0.1) is 0 Å². The number of azo groups is 1. The van der Waals surface area contributed by atoms with E-state index < -0.39 is 11.9 Å². The average molecular weight is 340 g/mol. The van der Waals surface area contributed by atoms with Crippen LogP contribution >= 0.6 is 11.6 Å². The summed E-state index contributed by atoms with van der Waals surface area (Å²) < 4.78 is 0. The molecular formula is C17H10ClN3O3. The second-order valence-corrected chi connectivity index (χ2v) is 5.86. The molecule has 3 aliphatic rings. The molecule has 1 N–H and O–H groups in total. The number of fused-ring (bicyclic) bond motifs is 2. The Labute approximate surface area is 141 Å². The van der Waals surface area contributed by atoms with Crippen molar-refractivity contribution in [3.05, 3.63) is 76.1 Å². The molecule has 0 fully saturated rings. The van der Waals surface area contributed by atoms with E-state index in [4.69, 9.17) is 16.7 Å². The third-order valence-electron chi connectivity index (χ3n) is 4.05. The number of amides is 1. The molecule has 118 valence electrons. The molecule has 24 heavy (non-hydrogen) atoms. The summed E-state index contributed by atoms with van der Waals surface area (Å²) in [5, 5.41) is 17.2. The molecule has 0 spiro atoms. The minimum atomic E-state index is -0.997. The average Bonchev–Trinajstić information content (AvgIpc) is 2.96. The largest absolute Gasteiger partial charge is 0.478 e. The maximum atomic E-state index is 11.9. The molecule has 1 aromatic carbocycles. The van der Waals surface area contributed by atoms with Gasteiger partial charge < -0.3 is 10.0 Å². The monoisotopic (exact) mass is 339 g/mol. The van der Waals surface area contributed by atoms with Gasteiger partial charge in [0.2, 0.25) is 0 Å². The van der Waals surface area contributed by atoms with Crippen LogP contribution in [0.1, 0.15) is 10.4 Å². The Morgan fingerprint density at radius 3 is 2.67 bits per heavy atom. The number of halogens is 1. The first kappa shape index (κ1) is 14.6. The van der Waals surface area contributed by atoms with Crippen LogP contribution in [0.4, 0.5) is 5.69 Å². The molecule has 4 rings (SSSR count). The fourth-order valence-electron chi connectivity index (χ4n) is 2.91. The standard InChI is InChI=1S/C17H10ClN3O3/c18-13-3-1-2-11-14-12(16(22)20-19-14)8-21(15(11)13)10-6-4-9(5-7-10)17(23)24/h1-8,15H,(H,23,24). The van der Waals surface area contributed by atoms with Gasteiger partial charge in [0.15, 0.2) is 0 Å². The molecule has 0 saturated carbocycles. The zero-order valence-corrected chi connectivity index (χ0v) is 12.9. The Hall–Kier alpha value is -2.99. The van der Waals surface area contributed by atoms with E-state index in [0.717, 1.165) is 11.3 Å². The summed E-state index contributed by atoms with van der Waals surface area (Å²) >= 11 is 6.40. The fraction of sp³-hybridized carbons (Fsp3) is 0.0588. The van der Waals surface area contributed by atoms with E-state index in [-0.39, 0.29) is 11.6 Å². The van der Waals surface area contributed by atoms with Crippen LogP contribution in [0.25, 0.3) is 0 Å². The Balaban J connectivity index is 1.84. The lowest BCUT2D eigenvalue weighted by atomic mass is 9.92. The molecule has 1 unspecified atom stereocenters. The second kappa shape index (κ2) is 5.28. The van der Waals surface area contributed by atoms with Crippen molar-refractivity contribution in [2.75, 3.05) is 4.90 Å². The fourth-order valence-corrected chi connectivity index (χ4v) is 3.21. The van der Waals surface area contributed by atoms with Gasteiger partial charge in [-0.25, -0.2) is 4.79 Å². The van der Waals surface area contributed by atoms with Crippen LogP contribution in [0.15, 0.2) is 80.8 Å². The normalized spacial score (nSPS) is 21.5. The number of hydrogen-bond donors (Lipinski definition) is 1. The van der Waals surface area contributed by atoms with Gasteiger partial charge >= 0.3 is 5.97 Å². The number of carboxylic acids is 1. The minimum absolute atomic E-state index is 0.187. The van der Waals surface area contributed by atoms with Gasteiger partial charge in [0.1, 0.15) is 5.70 Å². The highest BCUT2D eigenvalue weighted by Gasteiger charge is 2.37. The molecule has 0 bridgehead atoms. The predicted octanol–water partition coefficient (Wildman–Crippen LogP) is 3.40. The number of aromatic carboxylic acids is 1. The maximum absolute atomic E-state index is 11.9. The zero-order chi connectivity index (χ0) is 16.8. The molecule has 6 nitrogen and oxygen atoms in total. The van der Waals surface area contributed by atoms with Crippen molar-refractivity contribution in [3.63, 3.8) is 0 Å². The first-order valence-electron chi connectivity index (χ1n) is 7.14. The van der Waals surface area contributed by atoms with E-state index in [2.05, 4.69) is 10.2 Å². The quantitative estimate of drug-likeness (QED) is 0.895. The number of allylic oxidation sites excluding steroid dienone is 2. The summed E-state index contributed by atoms with van der Waals surface area (Å²) in [5.74, 6) is -1.40. The number of carbonyl (C=O) groups is 2. The van der Waals surface area contributed by atoms with Crippen molar-refractivity contribution in [1.82, 2.24) is 0 Å². The molecule has 0 aromatic heterocycles. The molecule has 0 saturated heterocycles. The molecule has 1 atom stereocenters. The van der Waals surface area contributed by atoms with Crippen molar-refractivity contribution in [1.29, 1.82) is 0 Å². The van der Waals surface area contributed by atoms with Gasteiger partial charge in [-0.2, -0.15) is 0 Å². The Morgan fingerprint density at radius 2 is 1.96 bits per heavy atom. The number of anilines is 1. The smallest absolute Gasteiger partial charge is 0.335 e. The molecule has 1 amide bonds. The van der Waals surface area contributed by atoms with Gasteiger partial charge in [-0.3, -0.25) is 4.79 Å². The van der Waals surface area contributed by atoms with Crippen LogP contribution in [0.5, 0.6) is 0 Å². The van der Waals surface area contributed by atoms with Crippen LogP contribution in [0.3, 0.4) is 0 Å². The van der Waals surface area contributed by atoms with Gasteiger partial charge in [-0.05, 0) is 30.3 Å². The molecule has 2 heterocycles. The highest BCUT2D eigenvalue weighted by atomic mass is 35.5. The summed E-state index contributed by atoms with van der Waals surface area (Å²) in [7, 11) is 0. The van der Waals surface area contributed by atoms with E-state index in [1.165, 1.54) is 12.1 Å². The summed E-state index contributed by atoms with van der Waals surface area (Å²) in [6, 6.07) is 6.06. The van der Waals surface area contributed by atoms with E-state index in [1.807, 2.05) is 11.0 Å². The molecule has 2 aliphatic heterocycles. The van der Waals surface area contributed by atoms with E-state index >= 15 is 0 Å². The lowest BCUT2D eigenvalue weighted by Gasteiger charge is -2.36. The molecule has 0 radical (unpaired) electrons. The molecule has 1 aliphatic carbocycles. The Bertz CT molecular complexity index is 923. The van der Waals surface area contributed by atoms with Crippen LogP contribution in [0.2, 0.25) is 0 Å². The van der Waals surface area contributed by atoms with Crippen molar-refractivity contribution in [2.45, 2.75) is 6.04 Å². The maximum Gasteiger partial charge on any atom is 0.335 e. The summed E-state index contributed by atoms with van der Waals surface area (Å²) in [6.45, 7) is 0. The van der Waals surface area contributed by atoms with Gasteiger partial charge in [-0.1, -0.05) is 23.8 Å². The summed E-state index contributed by atoms with van der Waals surface area (Å²) in [5.41, 5.74) is 2.63. The number of hydrogen-bond acceptors (Lipinski definition) is 4. The van der Waals surface area contributed by atoms with Gasteiger partial charge in [0.05, 0.1) is 17.2 Å². The summed E-state index contributed by atoms with van der Waals surface area (Å²) in [6.07, 6.45) is 7.10. The predicted molar refractivity (Wildman–Crippen MR) is 87.7 cm³/mol. The molecular weight excluding hydrogens is 330 g/mol. The van der Waals surface area contributed by atoms with Crippen molar-refractivity contribution in [2.24, 2.45) is 10.2 Å². The van der Waals surface area contributed by atoms with E-state index in [0.29, 0.717) is 16.3 Å². The summed E-state index contributed by atoms with van der Waals surface area (Å²) in [4.78, 5) is 24.8. The van der Waals surface area contributed by atoms with Crippen LogP contribution in [-0.4, -0.2) is 23.0 Å². The van der Waals surface area contributed by atoms with Gasteiger partial charge in [0, 0.05) is 22.5 Å². The number of benzene rings is 1. The van der Waals surface area contributed by atoms with Gasteiger partial charge in [0.25, 0.3) is 5.91 Å². The number of carbonyl (C=O) groups excluding carboxylic acids is 1. The first-order valence-corrected chi connectivity index (χ1v) is 7.52. The SMILES string of the molecule is O=C1N=NC2=C3C=CC=C(Cl)C3N(c3ccc(C(=O)O)cc3)C=C12. The molecule has 7 heteroatoms. The van der Waals surface area contributed by atoms with E-state index in [1.54, 1.807) is 30.5 Å². The lowest BCUT2D eigenvalue weighted by Crippen LogP contribution is -2.37. The third-order valence-corrected chi connectivity index (χ3v) is 4.38. The van der Waals surface area contributed by atoms with Gasteiger partial charge in [-0.15, -0.1) is 10.2 Å². The second-order valence-electron chi connectivity index (χ2n) is 5.42. The highest BCUT2D eigenvalue weighted by Crippen LogP contribution is 2.41. The van der Waals surface area contributed by atoms with Crippen LogP contribution < -0.4 is 4.90 Å². The minimum Gasteiger partial charge on any atom is -0.478 e. The molecule has 1 aromatic rings. The number of nitrogens with zero attached hydrogens (tertiary/aromatic N) is 3. The van der Waals surface area contributed by atoms with Crippen molar-refractivity contribution < 1.29 is 14.7 Å². The van der Waals surface area contributed by atoms with Crippen molar-refractivity contribution >= 4 is 29.2 Å². The topological polar surface area (TPSA) is 82.3 Å². The Morgan fingerprint density at radius 1 is 1.21 bits per heavy atom.